The quantitative estimate of drug-likeness (QED) is 0.798. The number of likely N-dealkylation sites (N-methyl/N-ethyl adjacent to an activating group) is 1. The summed E-state index contributed by atoms with van der Waals surface area (Å²) in [7, 11) is 3.61. The summed E-state index contributed by atoms with van der Waals surface area (Å²) >= 11 is 0. The minimum Gasteiger partial charge on any atom is -0.348 e. The van der Waals surface area contributed by atoms with E-state index in [9.17, 15) is 9.18 Å². The van der Waals surface area contributed by atoms with Crippen LogP contribution in [0.5, 0.6) is 0 Å². The maximum Gasteiger partial charge on any atom is 0.236 e. The molecule has 0 aromatic heterocycles. The predicted molar refractivity (Wildman–Crippen MR) is 95.5 cm³/mol. The molecule has 0 bridgehead atoms. The lowest BCUT2D eigenvalue weighted by atomic mass is 10.0. The van der Waals surface area contributed by atoms with Gasteiger partial charge in [-0.3, -0.25) is 14.6 Å². The molecular weight excluding hydrogens is 305 g/mol. The van der Waals surface area contributed by atoms with E-state index in [1.807, 2.05) is 6.07 Å². The van der Waals surface area contributed by atoms with E-state index in [-0.39, 0.29) is 11.7 Å². The Balaban J connectivity index is 1.79. The Hall–Kier alpha value is -1.46. The van der Waals surface area contributed by atoms with Gasteiger partial charge in [0.1, 0.15) is 5.82 Å². The summed E-state index contributed by atoms with van der Waals surface area (Å²) in [5, 5.41) is 0. The van der Waals surface area contributed by atoms with Gasteiger partial charge in [-0.2, -0.15) is 0 Å². The van der Waals surface area contributed by atoms with Crippen molar-refractivity contribution in [1.82, 2.24) is 14.7 Å². The van der Waals surface area contributed by atoms with Crippen molar-refractivity contribution in [2.45, 2.75) is 32.2 Å². The summed E-state index contributed by atoms with van der Waals surface area (Å²) in [4.78, 5) is 18.3. The molecule has 4 nitrogen and oxygen atoms in total. The van der Waals surface area contributed by atoms with Gasteiger partial charge in [0, 0.05) is 33.2 Å². The molecule has 1 aromatic rings. The average molecular weight is 335 g/mol. The maximum absolute atomic E-state index is 13.3. The van der Waals surface area contributed by atoms with E-state index in [1.54, 1.807) is 31.1 Å². The Morgan fingerprint density at radius 2 is 2.04 bits per heavy atom. The molecule has 1 atom stereocenters. The standard InChI is InChI=1S/C19H30FN3O/c1-16(8-9-17-6-4-7-18(20)14-17)23-11-5-10-22(12-13-23)15-19(24)21(2)3/h4,6-7,14,16H,5,8-13,15H2,1-3H3/t16-/m1/s1. The highest BCUT2D eigenvalue weighted by Gasteiger charge is 2.20. The molecule has 1 aliphatic rings. The second-order valence-corrected chi connectivity index (χ2v) is 6.97. The third kappa shape index (κ3) is 5.87. The predicted octanol–water partition coefficient (Wildman–Crippen LogP) is 2.24. The monoisotopic (exact) mass is 335 g/mol. The molecule has 0 unspecified atom stereocenters. The first-order valence-corrected chi connectivity index (χ1v) is 8.86. The molecule has 0 saturated carbocycles. The zero-order valence-electron chi connectivity index (χ0n) is 15.2. The molecule has 0 aliphatic carbocycles. The molecule has 24 heavy (non-hydrogen) atoms. The first kappa shape index (κ1) is 18.9. The van der Waals surface area contributed by atoms with Crippen LogP contribution in [-0.2, 0) is 11.2 Å². The minimum absolute atomic E-state index is 0.156. The molecule has 0 radical (unpaired) electrons. The van der Waals surface area contributed by atoms with E-state index >= 15 is 0 Å². The second-order valence-electron chi connectivity index (χ2n) is 6.97. The fraction of sp³-hybridized carbons (Fsp3) is 0.632. The van der Waals surface area contributed by atoms with Crippen molar-refractivity contribution in [2.24, 2.45) is 0 Å². The van der Waals surface area contributed by atoms with Crippen molar-refractivity contribution in [2.75, 3.05) is 46.8 Å². The molecule has 134 valence electrons. The van der Waals surface area contributed by atoms with Crippen molar-refractivity contribution >= 4 is 5.91 Å². The minimum atomic E-state index is -0.156. The van der Waals surface area contributed by atoms with E-state index in [1.165, 1.54) is 6.07 Å². The molecule has 1 fully saturated rings. The third-order valence-electron chi connectivity index (χ3n) is 4.84. The normalized spacial score (nSPS) is 18.2. The zero-order valence-corrected chi connectivity index (χ0v) is 15.2. The van der Waals surface area contributed by atoms with Gasteiger partial charge in [-0.15, -0.1) is 0 Å². The van der Waals surface area contributed by atoms with Crippen molar-refractivity contribution in [3.63, 3.8) is 0 Å². The van der Waals surface area contributed by atoms with Crippen LogP contribution in [0, 0.1) is 5.82 Å². The number of carbonyl (C=O) groups excluding carboxylic acids is 1. The smallest absolute Gasteiger partial charge is 0.236 e. The van der Waals surface area contributed by atoms with Crippen LogP contribution in [0.3, 0.4) is 0 Å². The van der Waals surface area contributed by atoms with Crippen LogP contribution in [-0.4, -0.2) is 73.5 Å². The molecule has 1 aromatic carbocycles. The summed E-state index contributed by atoms with van der Waals surface area (Å²) in [6, 6.07) is 7.36. The van der Waals surface area contributed by atoms with Crippen LogP contribution in [0.2, 0.25) is 0 Å². The van der Waals surface area contributed by atoms with Gasteiger partial charge in [-0.05, 0) is 57.0 Å². The molecule has 2 rings (SSSR count). The summed E-state index contributed by atoms with van der Waals surface area (Å²) in [6.45, 7) is 6.73. The van der Waals surface area contributed by atoms with Gasteiger partial charge in [0.05, 0.1) is 6.54 Å². The molecular formula is C19H30FN3O. The van der Waals surface area contributed by atoms with Crippen LogP contribution >= 0.6 is 0 Å². The van der Waals surface area contributed by atoms with E-state index in [0.717, 1.165) is 51.0 Å². The van der Waals surface area contributed by atoms with Crippen LogP contribution in [0.15, 0.2) is 24.3 Å². The Morgan fingerprint density at radius 3 is 2.75 bits per heavy atom. The van der Waals surface area contributed by atoms with Crippen LogP contribution in [0.1, 0.15) is 25.3 Å². The number of aryl methyl sites for hydroxylation is 1. The molecule has 1 heterocycles. The zero-order chi connectivity index (χ0) is 17.5. The van der Waals surface area contributed by atoms with Crippen molar-refractivity contribution in [1.29, 1.82) is 0 Å². The van der Waals surface area contributed by atoms with Gasteiger partial charge in [-0.1, -0.05) is 12.1 Å². The Bertz CT molecular complexity index is 535. The number of benzene rings is 1. The van der Waals surface area contributed by atoms with Crippen LogP contribution in [0.25, 0.3) is 0 Å². The first-order chi connectivity index (χ1) is 11.5. The lowest BCUT2D eigenvalue weighted by molar-refractivity contribution is -0.129. The highest BCUT2D eigenvalue weighted by Crippen LogP contribution is 2.14. The molecule has 0 N–H and O–H groups in total. The highest BCUT2D eigenvalue weighted by molar-refractivity contribution is 5.77. The van der Waals surface area contributed by atoms with Gasteiger partial charge < -0.3 is 4.90 Å². The number of nitrogens with zero attached hydrogens (tertiary/aromatic N) is 3. The molecule has 0 spiro atoms. The number of hydrogen-bond acceptors (Lipinski definition) is 3. The summed E-state index contributed by atoms with van der Waals surface area (Å²) < 4.78 is 13.3. The molecule has 1 amide bonds. The Labute approximate surface area is 145 Å². The van der Waals surface area contributed by atoms with Gasteiger partial charge in [0.15, 0.2) is 0 Å². The van der Waals surface area contributed by atoms with E-state index in [0.29, 0.717) is 12.6 Å². The largest absolute Gasteiger partial charge is 0.348 e. The van der Waals surface area contributed by atoms with Gasteiger partial charge in [-0.25, -0.2) is 4.39 Å². The Morgan fingerprint density at radius 1 is 1.25 bits per heavy atom. The number of amides is 1. The molecule has 1 saturated heterocycles. The van der Waals surface area contributed by atoms with Crippen molar-refractivity contribution in [3.8, 4) is 0 Å². The van der Waals surface area contributed by atoms with Gasteiger partial charge in [0.25, 0.3) is 0 Å². The molecule has 5 heteroatoms. The number of hydrogen-bond donors (Lipinski definition) is 0. The summed E-state index contributed by atoms with van der Waals surface area (Å²) in [5.41, 5.74) is 1.06. The summed E-state index contributed by atoms with van der Waals surface area (Å²) in [5.74, 6) is 0.0127. The SMILES string of the molecule is C[C@H](CCc1cccc(F)c1)N1CCCN(CC(=O)N(C)C)CC1. The molecule has 1 aliphatic heterocycles. The van der Waals surface area contributed by atoms with E-state index in [2.05, 4.69) is 16.7 Å². The fourth-order valence-corrected chi connectivity index (χ4v) is 3.17. The van der Waals surface area contributed by atoms with E-state index < -0.39 is 0 Å². The first-order valence-electron chi connectivity index (χ1n) is 8.86. The van der Waals surface area contributed by atoms with Gasteiger partial charge in [0.2, 0.25) is 5.91 Å². The highest BCUT2D eigenvalue weighted by atomic mass is 19.1. The number of rotatable bonds is 6. The van der Waals surface area contributed by atoms with Crippen LogP contribution < -0.4 is 0 Å². The third-order valence-corrected chi connectivity index (χ3v) is 4.84. The topological polar surface area (TPSA) is 26.8 Å². The fourth-order valence-electron chi connectivity index (χ4n) is 3.17. The summed E-state index contributed by atoms with van der Waals surface area (Å²) in [6.07, 6.45) is 3.02. The lowest BCUT2D eigenvalue weighted by Gasteiger charge is -2.28. The van der Waals surface area contributed by atoms with Crippen molar-refractivity contribution in [3.05, 3.63) is 35.6 Å². The number of halogens is 1. The second kappa shape index (κ2) is 9.14. The van der Waals surface area contributed by atoms with Crippen LogP contribution in [0.4, 0.5) is 4.39 Å². The number of carbonyl (C=O) groups is 1. The van der Waals surface area contributed by atoms with Crippen molar-refractivity contribution < 1.29 is 9.18 Å². The lowest BCUT2D eigenvalue weighted by Crippen LogP contribution is -2.40. The van der Waals surface area contributed by atoms with Gasteiger partial charge >= 0.3 is 0 Å². The Kier molecular flexibility index (Phi) is 7.18. The average Bonchev–Trinajstić information content (AvgIpc) is 2.78. The van der Waals surface area contributed by atoms with E-state index in [4.69, 9.17) is 0 Å². The maximum atomic E-state index is 13.3.